The number of carboxylic acid groups (broad SMARTS) is 1. The third-order valence-corrected chi connectivity index (χ3v) is 5.05. The zero-order valence-electron chi connectivity index (χ0n) is 15.9. The van der Waals surface area contributed by atoms with E-state index in [0.29, 0.717) is 18.1 Å². The topological polar surface area (TPSA) is 106 Å². The van der Waals surface area contributed by atoms with Gasteiger partial charge in [0, 0.05) is 59.0 Å². The zero-order chi connectivity index (χ0) is 20.5. The maximum atomic E-state index is 11.4. The highest BCUT2D eigenvalue weighted by atomic mass is 16.4. The van der Waals surface area contributed by atoms with Gasteiger partial charge in [0.25, 0.3) is 0 Å². The largest absolute Gasteiger partial charge is 0.478 e. The first kappa shape index (κ1) is 17.8. The fraction of sp³-hybridized carbons (Fsp3) is 0.0435. The van der Waals surface area contributed by atoms with Gasteiger partial charge >= 0.3 is 5.97 Å². The Kier molecular flexibility index (Phi) is 4.33. The van der Waals surface area contributed by atoms with E-state index in [4.69, 9.17) is 0 Å². The summed E-state index contributed by atoms with van der Waals surface area (Å²) in [7, 11) is 0. The molecular weight excluding hydrogens is 378 g/mol. The van der Waals surface area contributed by atoms with Gasteiger partial charge in [-0.2, -0.15) is 0 Å². The number of aromatic nitrogens is 3. The van der Waals surface area contributed by atoms with Gasteiger partial charge < -0.3 is 25.7 Å². The van der Waals surface area contributed by atoms with Crippen LogP contribution in [-0.2, 0) is 6.54 Å². The molecule has 0 aliphatic rings. The van der Waals surface area contributed by atoms with Crippen molar-refractivity contribution < 1.29 is 9.90 Å². The zero-order valence-corrected chi connectivity index (χ0v) is 15.9. The Labute approximate surface area is 171 Å². The number of H-pyrrole nitrogens is 2. The second-order valence-electron chi connectivity index (χ2n) is 7.08. The van der Waals surface area contributed by atoms with Crippen LogP contribution >= 0.6 is 0 Å². The summed E-state index contributed by atoms with van der Waals surface area (Å²) in [4.78, 5) is 22.1. The number of hydrogen-bond acceptors (Lipinski definition) is 4. The van der Waals surface area contributed by atoms with Crippen LogP contribution in [0.2, 0.25) is 0 Å². The first-order valence-corrected chi connectivity index (χ1v) is 9.53. The SMILES string of the molecule is O=C(O)c1cc(Nc2cc(NCc3ccc4[nH]ccc4c3)ccn2)c2cc[nH]c2c1. The van der Waals surface area contributed by atoms with E-state index in [-0.39, 0.29) is 5.56 Å². The van der Waals surface area contributed by atoms with Crippen LogP contribution in [0.5, 0.6) is 0 Å². The molecule has 7 heteroatoms. The molecule has 0 unspecified atom stereocenters. The van der Waals surface area contributed by atoms with Crippen LogP contribution in [0.25, 0.3) is 21.8 Å². The number of pyridine rings is 1. The van der Waals surface area contributed by atoms with E-state index in [2.05, 4.69) is 49.9 Å². The van der Waals surface area contributed by atoms with E-state index in [1.165, 1.54) is 10.9 Å². The van der Waals surface area contributed by atoms with Crippen LogP contribution in [0, 0.1) is 0 Å². The fourth-order valence-electron chi connectivity index (χ4n) is 3.56. The number of aromatic carboxylic acids is 1. The van der Waals surface area contributed by atoms with Crippen molar-refractivity contribution in [3.63, 3.8) is 0 Å². The smallest absolute Gasteiger partial charge is 0.335 e. The van der Waals surface area contributed by atoms with Gasteiger partial charge in [-0.05, 0) is 53.4 Å². The first-order chi connectivity index (χ1) is 14.7. The molecule has 0 saturated carbocycles. The third-order valence-electron chi connectivity index (χ3n) is 5.05. The van der Waals surface area contributed by atoms with Crippen LogP contribution in [0.3, 0.4) is 0 Å². The number of carboxylic acids is 1. The van der Waals surface area contributed by atoms with Gasteiger partial charge in [-0.3, -0.25) is 0 Å². The first-order valence-electron chi connectivity index (χ1n) is 9.53. The minimum absolute atomic E-state index is 0.210. The number of nitrogens with zero attached hydrogens (tertiary/aromatic N) is 1. The predicted molar refractivity (Wildman–Crippen MR) is 118 cm³/mol. The molecule has 148 valence electrons. The highest BCUT2D eigenvalue weighted by molar-refractivity contribution is 6.00. The summed E-state index contributed by atoms with van der Waals surface area (Å²) >= 11 is 0. The van der Waals surface area contributed by atoms with E-state index < -0.39 is 5.97 Å². The summed E-state index contributed by atoms with van der Waals surface area (Å²) in [5, 5.41) is 18.1. The monoisotopic (exact) mass is 397 g/mol. The molecule has 3 heterocycles. The molecule has 0 aliphatic heterocycles. The van der Waals surface area contributed by atoms with E-state index in [1.807, 2.05) is 24.4 Å². The third kappa shape index (κ3) is 3.44. The number of benzene rings is 2. The van der Waals surface area contributed by atoms with Gasteiger partial charge in [0.15, 0.2) is 0 Å². The Bertz CT molecular complexity index is 1370. The average molecular weight is 397 g/mol. The molecule has 2 aromatic carbocycles. The van der Waals surface area contributed by atoms with E-state index in [9.17, 15) is 9.90 Å². The van der Waals surface area contributed by atoms with Crippen molar-refractivity contribution in [2.45, 2.75) is 6.54 Å². The molecule has 0 bridgehead atoms. The number of rotatable bonds is 6. The molecule has 3 aromatic heterocycles. The van der Waals surface area contributed by atoms with E-state index >= 15 is 0 Å². The molecule has 0 aliphatic carbocycles. The maximum Gasteiger partial charge on any atom is 0.335 e. The molecule has 0 amide bonds. The molecule has 0 saturated heterocycles. The Morgan fingerprint density at radius 1 is 0.967 bits per heavy atom. The van der Waals surface area contributed by atoms with Gasteiger partial charge in [-0.1, -0.05) is 6.07 Å². The maximum absolute atomic E-state index is 11.4. The van der Waals surface area contributed by atoms with Crippen LogP contribution < -0.4 is 10.6 Å². The molecule has 0 radical (unpaired) electrons. The number of nitrogens with one attached hydrogen (secondary N) is 4. The van der Waals surface area contributed by atoms with Crippen LogP contribution in [0.4, 0.5) is 17.2 Å². The highest BCUT2D eigenvalue weighted by Gasteiger charge is 2.11. The standard InChI is InChI=1S/C23H19N5O2/c29-23(30)16-10-20-18(5-8-25-20)21(11-16)28-22-12-17(4-7-26-22)27-13-14-1-2-19-15(9-14)3-6-24-19/h1-12,24-25H,13H2,(H,29,30)(H2,26,27,28). The molecule has 5 aromatic rings. The lowest BCUT2D eigenvalue weighted by atomic mass is 10.1. The van der Waals surface area contributed by atoms with Crippen molar-refractivity contribution in [1.29, 1.82) is 0 Å². The van der Waals surface area contributed by atoms with Crippen molar-refractivity contribution in [2.24, 2.45) is 0 Å². The van der Waals surface area contributed by atoms with E-state index in [0.717, 1.165) is 22.1 Å². The lowest BCUT2D eigenvalue weighted by Crippen LogP contribution is -2.02. The Hall–Kier alpha value is -4.26. The number of fused-ring (bicyclic) bond motifs is 2. The summed E-state index contributed by atoms with van der Waals surface area (Å²) in [6.07, 6.45) is 5.44. The number of aromatic amines is 2. The normalized spacial score (nSPS) is 11.1. The summed E-state index contributed by atoms with van der Waals surface area (Å²) in [5.74, 6) is -0.344. The fourth-order valence-corrected chi connectivity index (χ4v) is 3.56. The summed E-state index contributed by atoms with van der Waals surface area (Å²) in [6, 6.07) is 17.3. The number of carbonyl (C=O) groups is 1. The average Bonchev–Trinajstić information content (AvgIpc) is 3.41. The van der Waals surface area contributed by atoms with Crippen LogP contribution in [0.1, 0.15) is 15.9 Å². The van der Waals surface area contributed by atoms with Gasteiger partial charge in [0.05, 0.1) is 5.56 Å². The summed E-state index contributed by atoms with van der Waals surface area (Å²) in [6.45, 7) is 0.682. The number of anilines is 3. The Balaban J connectivity index is 1.36. The molecule has 30 heavy (non-hydrogen) atoms. The molecular formula is C23H19N5O2. The van der Waals surface area contributed by atoms with E-state index in [1.54, 1.807) is 24.5 Å². The van der Waals surface area contributed by atoms with Crippen molar-refractivity contribution >= 4 is 45.0 Å². The van der Waals surface area contributed by atoms with Gasteiger partial charge in [-0.25, -0.2) is 9.78 Å². The van der Waals surface area contributed by atoms with Crippen molar-refractivity contribution in [1.82, 2.24) is 15.0 Å². The highest BCUT2D eigenvalue weighted by Crippen LogP contribution is 2.28. The van der Waals surface area contributed by atoms with Gasteiger partial charge in [-0.15, -0.1) is 0 Å². The Morgan fingerprint density at radius 2 is 1.83 bits per heavy atom. The lowest BCUT2D eigenvalue weighted by Gasteiger charge is -2.11. The molecule has 5 rings (SSSR count). The summed E-state index contributed by atoms with van der Waals surface area (Å²) < 4.78 is 0. The van der Waals surface area contributed by atoms with Crippen molar-refractivity contribution in [2.75, 3.05) is 10.6 Å². The quantitative estimate of drug-likeness (QED) is 0.274. The predicted octanol–water partition coefficient (Wildman–Crippen LogP) is 5.10. The molecule has 5 N–H and O–H groups in total. The summed E-state index contributed by atoms with van der Waals surface area (Å²) in [5.41, 5.74) is 4.87. The van der Waals surface area contributed by atoms with Crippen molar-refractivity contribution in [3.05, 3.63) is 84.3 Å². The minimum atomic E-state index is -0.975. The second-order valence-corrected chi connectivity index (χ2v) is 7.08. The minimum Gasteiger partial charge on any atom is -0.478 e. The molecule has 0 spiro atoms. The van der Waals surface area contributed by atoms with Crippen LogP contribution in [0.15, 0.2) is 73.2 Å². The van der Waals surface area contributed by atoms with Crippen LogP contribution in [-0.4, -0.2) is 26.0 Å². The molecule has 0 fully saturated rings. The Morgan fingerprint density at radius 3 is 2.73 bits per heavy atom. The van der Waals surface area contributed by atoms with Gasteiger partial charge in [0.2, 0.25) is 0 Å². The molecule has 0 atom stereocenters. The van der Waals surface area contributed by atoms with Crippen molar-refractivity contribution in [3.8, 4) is 0 Å². The van der Waals surface area contributed by atoms with Gasteiger partial charge in [0.1, 0.15) is 5.82 Å². The lowest BCUT2D eigenvalue weighted by molar-refractivity contribution is 0.0697. The second kappa shape index (κ2) is 7.29. The number of hydrogen-bond donors (Lipinski definition) is 5. The molecule has 7 nitrogen and oxygen atoms in total.